The number of benzene rings is 9. The molecule has 11 heteroatoms. The van der Waals surface area contributed by atoms with E-state index in [0.717, 1.165) is 88.8 Å². The Morgan fingerprint density at radius 1 is 0.228 bits per heavy atom. The molecule has 0 saturated heterocycles. The molecule has 0 amide bonds. The summed E-state index contributed by atoms with van der Waals surface area (Å²) < 4.78 is 2.29. The molecule has 0 saturated carbocycles. The lowest BCUT2D eigenvalue weighted by atomic mass is 10.0. The average molecular weight is 1010 g/mol. The first-order valence-corrected chi connectivity index (χ1v) is 25.9. The normalized spacial score (nSPS) is 11.3. The maximum atomic E-state index is 5.34. The average Bonchev–Trinajstić information content (AvgIpc) is 4.05. The SMILES string of the molecule is c1ccc(-c2nc(-c3ccccc3)nc(-c3ccc4c5ccc(-c6nc(-c7ccccc7)nc(-c7ccccc7)n6)cc5n(-c5ccc(-c6ccccn6)cc5-c5nc(-c6ccccc6)nc(-c6ccccc6)n5)c4c3)n2)cc1. The van der Waals surface area contributed by atoms with E-state index in [1.54, 1.807) is 0 Å². The summed E-state index contributed by atoms with van der Waals surface area (Å²) in [5, 5.41) is 2.00. The van der Waals surface area contributed by atoms with Crippen LogP contribution in [0.2, 0.25) is 0 Å². The summed E-state index contributed by atoms with van der Waals surface area (Å²) >= 11 is 0. The van der Waals surface area contributed by atoms with E-state index in [1.807, 2.05) is 206 Å². The minimum absolute atomic E-state index is 0.484. The van der Waals surface area contributed by atoms with Crippen LogP contribution in [0, 0.1) is 0 Å². The van der Waals surface area contributed by atoms with Crippen molar-refractivity contribution in [2.75, 3.05) is 0 Å². The number of pyridine rings is 1. The minimum atomic E-state index is 0.484. The minimum Gasteiger partial charge on any atom is -0.308 e. The molecule has 5 heterocycles. The lowest BCUT2D eigenvalue weighted by Gasteiger charge is -2.17. The molecule has 0 atom stereocenters. The summed E-state index contributed by atoms with van der Waals surface area (Å²) in [6.07, 6.45) is 1.81. The van der Waals surface area contributed by atoms with Gasteiger partial charge in [0.1, 0.15) is 0 Å². The summed E-state index contributed by atoms with van der Waals surface area (Å²) in [7, 11) is 0. The maximum Gasteiger partial charge on any atom is 0.166 e. The smallest absolute Gasteiger partial charge is 0.166 e. The Labute approximate surface area is 454 Å². The van der Waals surface area contributed by atoms with Crippen molar-refractivity contribution in [3.05, 3.63) is 261 Å². The van der Waals surface area contributed by atoms with E-state index < -0.39 is 0 Å². The molecule has 5 aromatic heterocycles. The van der Waals surface area contributed by atoms with Crippen LogP contribution in [0.4, 0.5) is 0 Å². The van der Waals surface area contributed by atoms with Crippen molar-refractivity contribution in [3.8, 4) is 119 Å². The molecule has 0 aliphatic heterocycles. The van der Waals surface area contributed by atoms with Gasteiger partial charge in [0, 0.05) is 72.6 Å². The van der Waals surface area contributed by atoms with Crippen LogP contribution in [-0.2, 0) is 0 Å². The van der Waals surface area contributed by atoms with Crippen molar-refractivity contribution in [1.82, 2.24) is 54.4 Å². The van der Waals surface area contributed by atoms with E-state index in [2.05, 4.69) is 59.2 Å². The van der Waals surface area contributed by atoms with Crippen molar-refractivity contribution in [1.29, 1.82) is 0 Å². The number of fused-ring (bicyclic) bond motifs is 3. The fraction of sp³-hybridized carbons (Fsp3) is 0. The quantitative estimate of drug-likeness (QED) is 0.123. The van der Waals surface area contributed by atoms with Crippen LogP contribution < -0.4 is 0 Å². The summed E-state index contributed by atoms with van der Waals surface area (Å²) in [5.74, 6) is 4.92. The van der Waals surface area contributed by atoms with Crippen molar-refractivity contribution >= 4 is 21.8 Å². The van der Waals surface area contributed by atoms with Gasteiger partial charge in [0.25, 0.3) is 0 Å². The third kappa shape index (κ3) is 9.13. The number of hydrogen-bond donors (Lipinski definition) is 0. The molecule has 0 bridgehead atoms. The van der Waals surface area contributed by atoms with E-state index in [9.17, 15) is 0 Å². The molecule has 0 N–H and O–H groups in total. The van der Waals surface area contributed by atoms with Crippen molar-refractivity contribution in [2.24, 2.45) is 0 Å². The number of aromatic nitrogens is 11. The van der Waals surface area contributed by atoms with Crippen LogP contribution in [-0.4, -0.2) is 54.4 Å². The zero-order valence-corrected chi connectivity index (χ0v) is 42.2. The summed E-state index contributed by atoms with van der Waals surface area (Å²) in [4.78, 5) is 51.4. The molecule has 0 aliphatic rings. The van der Waals surface area contributed by atoms with E-state index in [4.69, 9.17) is 49.8 Å². The Balaban J connectivity index is 1.06. The van der Waals surface area contributed by atoms with Gasteiger partial charge in [0.2, 0.25) is 0 Å². The second kappa shape index (κ2) is 20.2. The predicted octanol–water partition coefficient (Wildman–Crippen LogP) is 15.4. The van der Waals surface area contributed by atoms with Crippen LogP contribution in [0.3, 0.4) is 0 Å². The van der Waals surface area contributed by atoms with Crippen molar-refractivity contribution in [3.63, 3.8) is 0 Å². The number of hydrogen-bond acceptors (Lipinski definition) is 10. The van der Waals surface area contributed by atoms with Gasteiger partial charge < -0.3 is 4.57 Å². The molecular formula is C68H43N11. The summed E-state index contributed by atoms with van der Waals surface area (Å²) in [6, 6.07) is 85.4. The van der Waals surface area contributed by atoms with Crippen LogP contribution in [0.25, 0.3) is 141 Å². The highest BCUT2D eigenvalue weighted by molar-refractivity contribution is 6.11. The fourth-order valence-corrected chi connectivity index (χ4v) is 9.96. The molecule has 370 valence electrons. The van der Waals surface area contributed by atoms with Crippen molar-refractivity contribution in [2.45, 2.75) is 0 Å². The Bertz CT molecular complexity index is 4150. The lowest BCUT2D eigenvalue weighted by Crippen LogP contribution is -2.04. The van der Waals surface area contributed by atoms with Gasteiger partial charge in [-0.25, -0.2) is 44.9 Å². The first kappa shape index (κ1) is 46.5. The van der Waals surface area contributed by atoms with E-state index in [1.165, 1.54) is 0 Å². The predicted molar refractivity (Wildman–Crippen MR) is 313 cm³/mol. The molecule has 0 fully saturated rings. The van der Waals surface area contributed by atoms with E-state index in [0.29, 0.717) is 52.4 Å². The van der Waals surface area contributed by atoms with Gasteiger partial charge in [-0.2, -0.15) is 0 Å². The molecule has 0 aliphatic carbocycles. The molecule has 9 aromatic carbocycles. The Morgan fingerprint density at radius 2 is 0.532 bits per heavy atom. The van der Waals surface area contributed by atoms with Crippen LogP contribution in [0.15, 0.2) is 261 Å². The zero-order chi connectivity index (χ0) is 52.5. The Morgan fingerprint density at radius 3 is 0.861 bits per heavy atom. The standard InChI is InChI=1S/C68H43N11/c1-7-21-44(22-8-1)60-70-61(45-23-9-2-10-24-45)74-66(73-60)51-34-37-53-54-38-35-52(67-75-62(46-25-11-3-12-26-46)71-63(76-67)47-27-13-4-14-28-47)43-59(54)79(58(53)42-51)57-39-36-50(56-33-19-20-40-69-56)41-55(57)68-77-64(48-29-15-5-16-30-48)72-65(78-68)49-31-17-6-18-32-49/h1-43H. The number of rotatable bonds is 11. The molecule has 11 nitrogen and oxygen atoms in total. The fourth-order valence-electron chi connectivity index (χ4n) is 9.96. The third-order valence-corrected chi connectivity index (χ3v) is 13.8. The van der Waals surface area contributed by atoms with Crippen LogP contribution >= 0.6 is 0 Å². The van der Waals surface area contributed by atoms with Gasteiger partial charge in [0.15, 0.2) is 52.4 Å². The largest absolute Gasteiger partial charge is 0.308 e. The molecule has 0 unspecified atom stereocenters. The Hall–Kier alpha value is -11.0. The van der Waals surface area contributed by atoms with Crippen LogP contribution in [0.1, 0.15) is 0 Å². The third-order valence-electron chi connectivity index (χ3n) is 13.8. The monoisotopic (exact) mass is 1010 g/mol. The second-order valence-electron chi connectivity index (χ2n) is 18.9. The van der Waals surface area contributed by atoms with Crippen molar-refractivity contribution < 1.29 is 0 Å². The summed E-state index contributed by atoms with van der Waals surface area (Å²) in [5.41, 5.74) is 11.9. The second-order valence-corrected chi connectivity index (χ2v) is 18.9. The van der Waals surface area contributed by atoms with Gasteiger partial charge in [-0.05, 0) is 36.4 Å². The van der Waals surface area contributed by atoms with E-state index in [-0.39, 0.29) is 0 Å². The highest BCUT2D eigenvalue weighted by atomic mass is 15.1. The van der Waals surface area contributed by atoms with Crippen LogP contribution in [0.5, 0.6) is 0 Å². The first-order chi connectivity index (χ1) is 39.1. The highest BCUT2D eigenvalue weighted by Crippen LogP contribution is 2.41. The molecule has 0 radical (unpaired) electrons. The molecule has 14 aromatic rings. The molecular weight excluding hydrogens is 971 g/mol. The molecule has 14 rings (SSSR count). The van der Waals surface area contributed by atoms with Gasteiger partial charge in [0.05, 0.1) is 22.4 Å². The first-order valence-electron chi connectivity index (χ1n) is 25.9. The highest BCUT2D eigenvalue weighted by Gasteiger charge is 2.23. The van der Waals surface area contributed by atoms with Gasteiger partial charge in [-0.15, -0.1) is 0 Å². The van der Waals surface area contributed by atoms with E-state index >= 15 is 0 Å². The zero-order valence-electron chi connectivity index (χ0n) is 42.2. The molecule has 79 heavy (non-hydrogen) atoms. The Kier molecular flexibility index (Phi) is 11.9. The molecule has 0 spiro atoms. The lowest BCUT2D eigenvalue weighted by molar-refractivity contribution is 1.06. The summed E-state index contributed by atoms with van der Waals surface area (Å²) in [6.45, 7) is 0. The van der Waals surface area contributed by atoms with Gasteiger partial charge >= 0.3 is 0 Å². The topological polar surface area (TPSA) is 134 Å². The maximum absolute atomic E-state index is 5.34. The van der Waals surface area contributed by atoms with Gasteiger partial charge in [-0.1, -0.05) is 218 Å². The van der Waals surface area contributed by atoms with Gasteiger partial charge in [-0.3, -0.25) is 4.98 Å². The number of nitrogens with zero attached hydrogens (tertiary/aromatic N) is 11.